The highest BCUT2D eigenvalue weighted by Crippen LogP contribution is 2.26. The zero-order valence-corrected chi connectivity index (χ0v) is 9.95. The maximum Gasteiger partial charge on any atom is 0.307 e. The number of hydrogen-bond acceptors (Lipinski definition) is 4. The van der Waals surface area contributed by atoms with Crippen LogP contribution in [-0.4, -0.2) is 26.4 Å². The molecule has 0 fully saturated rings. The maximum atomic E-state index is 10.6. The van der Waals surface area contributed by atoms with E-state index < -0.39 is 17.2 Å². The van der Waals surface area contributed by atoms with Gasteiger partial charge in [0.05, 0.1) is 18.7 Å². The summed E-state index contributed by atoms with van der Waals surface area (Å²) in [5.41, 5.74) is 0.729. The summed E-state index contributed by atoms with van der Waals surface area (Å²) in [6, 6.07) is 4.56. The molecule has 2 N–H and O–H groups in total. The molecule has 0 aliphatic rings. The van der Waals surface area contributed by atoms with Gasteiger partial charge in [0.2, 0.25) is 0 Å². The third-order valence-corrected chi connectivity index (χ3v) is 2.28. The van der Waals surface area contributed by atoms with Crippen molar-refractivity contribution in [3.63, 3.8) is 0 Å². The van der Waals surface area contributed by atoms with Crippen molar-refractivity contribution in [1.82, 2.24) is 0 Å². The van der Waals surface area contributed by atoms with E-state index in [2.05, 4.69) is 4.72 Å². The molecule has 0 radical (unpaired) electrons. The first-order valence-corrected chi connectivity index (χ1v) is 5.94. The number of carbonyl (C=O) groups is 1. The van der Waals surface area contributed by atoms with Gasteiger partial charge < -0.3 is 19.1 Å². The Morgan fingerprint density at radius 2 is 2.29 bits per heavy atom. The molecule has 1 aromatic rings. The summed E-state index contributed by atoms with van der Waals surface area (Å²) in [6.07, 6.45) is -0.174. The fourth-order valence-electron chi connectivity index (χ4n) is 1.31. The second-order valence-electron chi connectivity index (χ2n) is 3.17. The summed E-state index contributed by atoms with van der Waals surface area (Å²) in [4.78, 5) is 10.5. The number of nitrogens with one attached hydrogen (secondary N) is 1. The first-order valence-electron chi connectivity index (χ1n) is 4.86. The number of ether oxygens (including phenoxy) is 1. The summed E-state index contributed by atoms with van der Waals surface area (Å²) < 4.78 is 28.5. The van der Waals surface area contributed by atoms with Gasteiger partial charge in [-0.3, -0.25) is 9.00 Å². The van der Waals surface area contributed by atoms with Gasteiger partial charge >= 0.3 is 5.97 Å². The number of aliphatic carboxylic acids is 1. The third-order valence-electron chi connectivity index (χ3n) is 1.89. The Labute approximate surface area is 101 Å². The summed E-state index contributed by atoms with van der Waals surface area (Å²) in [7, 11) is 0. The average molecular weight is 258 g/mol. The Morgan fingerprint density at radius 3 is 2.82 bits per heavy atom. The van der Waals surface area contributed by atoms with Crippen molar-refractivity contribution in [1.29, 1.82) is 0 Å². The minimum absolute atomic E-state index is 0.174. The van der Waals surface area contributed by atoms with Crippen molar-refractivity contribution in [2.75, 3.05) is 11.3 Å². The Hall–Kier alpha value is -1.60. The minimum Gasteiger partial charge on any atom is -0.755 e. The number of hydrogen-bond donors (Lipinski definition) is 2. The molecule has 0 heterocycles. The van der Waals surface area contributed by atoms with Crippen molar-refractivity contribution >= 4 is 22.9 Å². The zero-order valence-electron chi connectivity index (χ0n) is 9.13. The molecule has 1 aromatic carbocycles. The van der Waals surface area contributed by atoms with Crippen molar-refractivity contribution in [3.05, 3.63) is 23.8 Å². The molecular formula is C10H12NO5S-. The molecule has 1 rings (SSSR count). The van der Waals surface area contributed by atoms with Gasteiger partial charge in [0.15, 0.2) is 0 Å². The van der Waals surface area contributed by atoms with Gasteiger partial charge in [-0.25, -0.2) is 0 Å². The van der Waals surface area contributed by atoms with Crippen LogP contribution in [-0.2, 0) is 22.5 Å². The van der Waals surface area contributed by atoms with Crippen LogP contribution < -0.4 is 9.46 Å². The fourth-order valence-corrected chi connectivity index (χ4v) is 1.65. The zero-order chi connectivity index (χ0) is 12.8. The van der Waals surface area contributed by atoms with Gasteiger partial charge in [0.25, 0.3) is 0 Å². The van der Waals surface area contributed by atoms with Gasteiger partial charge in [0, 0.05) is 11.3 Å². The van der Waals surface area contributed by atoms with Crippen LogP contribution >= 0.6 is 0 Å². The quantitative estimate of drug-likeness (QED) is 0.739. The van der Waals surface area contributed by atoms with Gasteiger partial charge in [-0.2, -0.15) is 0 Å². The lowest BCUT2D eigenvalue weighted by Crippen LogP contribution is -2.07. The predicted octanol–water partition coefficient (Wildman–Crippen LogP) is 0.918. The van der Waals surface area contributed by atoms with Gasteiger partial charge in [0.1, 0.15) is 5.75 Å². The first-order chi connectivity index (χ1) is 8.02. The lowest BCUT2D eigenvalue weighted by molar-refractivity contribution is -0.136. The van der Waals surface area contributed by atoms with Crippen LogP contribution in [0.2, 0.25) is 0 Å². The van der Waals surface area contributed by atoms with Crippen LogP contribution in [0.25, 0.3) is 0 Å². The number of anilines is 1. The third kappa shape index (κ3) is 4.41. The topological polar surface area (TPSA) is 98.7 Å². The molecule has 0 amide bonds. The lowest BCUT2D eigenvalue weighted by atomic mass is 10.1. The van der Waals surface area contributed by atoms with E-state index in [1.807, 2.05) is 0 Å². The van der Waals surface area contributed by atoms with E-state index >= 15 is 0 Å². The Balaban J connectivity index is 3.00. The van der Waals surface area contributed by atoms with Crippen LogP contribution in [0.5, 0.6) is 5.75 Å². The second-order valence-corrected chi connectivity index (χ2v) is 3.84. The van der Waals surface area contributed by atoms with E-state index in [1.165, 1.54) is 12.1 Å². The van der Waals surface area contributed by atoms with Crippen LogP contribution in [0.4, 0.5) is 5.69 Å². The molecular weight excluding hydrogens is 246 g/mol. The smallest absolute Gasteiger partial charge is 0.307 e. The SMILES string of the molecule is CCOc1ccc(CC(=O)O)cc1NS(=O)[O-]. The largest absolute Gasteiger partial charge is 0.755 e. The normalized spacial score (nSPS) is 11.9. The highest BCUT2D eigenvalue weighted by Gasteiger charge is 2.07. The summed E-state index contributed by atoms with van der Waals surface area (Å²) in [6.45, 7) is 2.15. The number of carboxylic acids is 1. The van der Waals surface area contributed by atoms with Crippen LogP contribution in [0.1, 0.15) is 12.5 Å². The van der Waals surface area contributed by atoms with Gasteiger partial charge in [-0.1, -0.05) is 6.07 Å². The maximum absolute atomic E-state index is 10.6. The van der Waals surface area contributed by atoms with Crippen molar-refractivity contribution in [3.8, 4) is 5.75 Å². The number of benzene rings is 1. The van der Waals surface area contributed by atoms with Crippen molar-refractivity contribution < 1.29 is 23.4 Å². The molecule has 0 aromatic heterocycles. The average Bonchev–Trinajstić information content (AvgIpc) is 2.20. The molecule has 0 aliphatic carbocycles. The van der Waals surface area contributed by atoms with Gasteiger partial charge in [-0.05, 0) is 24.6 Å². The Morgan fingerprint density at radius 1 is 1.59 bits per heavy atom. The summed E-state index contributed by atoms with van der Waals surface area (Å²) in [5.74, 6) is -0.616. The molecule has 94 valence electrons. The molecule has 17 heavy (non-hydrogen) atoms. The number of carboxylic acid groups (broad SMARTS) is 1. The predicted molar refractivity (Wildman–Crippen MR) is 61.5 cm³/mol. The van der Waals surface area contributed by atoms with E-state index in [-0.39, 0.29) is 12.1 Å². The van der Waals surface area contributed by atoms with Crippen molar-refractivity contribution in [2.24, 2.45) is 0 Å². The Bertz CT molecular complexity index is 435. The summed E-state index contributed by atoms with van der Waals surface area (Å²) >= 11 is -2.48. The molecule has 7 heteroatoms. The summed E-state index contributed by atoms with van der Waals surface area (Å²) in [5, 5.41) is 8.64. The van der Waals surface area contributed by atoms with E-state index in [9.17, 15) is 13.6 Å². The molecule has 0 saturated heterocycles. The molecule has 0 saturated carbocycles. The van der Waals surface area contributed by atoms with Crippen LogP contribution in [0.15, 0.2) is 18.2 Å². The van der Waals surface area contributed by atoms with E-state index in [4.69, 9.17) is 9.84 Å². The van der Waals surface area contributed by atoms with Crippen molar-refractivity contribution in [2.45, 2.75) is 13.3 Å². The second kappa shape index (κ2) is 6.21. The highest BCUT2D eigenvalue weighted by atomic mass is 32.2. The molecule has 0 spiro atoms. The Kier molecular flexibility index (Phi) is 4.92. The lowest BCUT2D eigenvalue weighted by Gasteiger charge is -2.14. The van der Waals surface area contributed by atoms with Crippen LogP contribution in [0, 0.1) is 0 Å². The molecule has 0 bridgehead atoms. The molecule has 6 nitrogen and oxygen atoms in total. The van der Waals surface area contributed by atoms with E-state index in [1.54, 1.807) is 13.0 Å². The standard InChI is InChI=1S/C10H13NO5S/c1-2-16-9-4-3-7(6-10(12)13)5-8(9)11-17(14)15/h3-5,11H,2,6H2,1H3,(H,12,13)(H,14,15)/p-1. The molecule has 0 aliphatic heterocycles. The van der Waals surface area contributed by atoms with E-state index in [0.717, 1.165) is 0 Å². The molecule has 1 unspecified atom stereocenters. The number of rotatable bonds is 6. The van der Waals surface area contributed by atoms with Crippen LogP contribution in [0.3, 0.4) is 0 Å². The first kappa shape index (κ1) is 13.5. The molecule has 1 atom stereocenters. The highest BCUT2D eigenvalue weighted by molar-refractivity contribution is 7.80. The van der Waals surface area contributed by atoms with E-state index in [0.29, 0.717) is 17.9 Å². The minimum atomic E-state index is -2.48. The fraction of sp³-hybridized carbons (Fsp3) is 0.300. The monoisotopic (exact) mass is 258 g/mol. The van der Waals surface area contributed by atoms with Gasteiger partial charge in [-0.15, -0.1) is 0 Å².